The molecule has 2 N–H and O–H groups in total. The highest BCUT2D eigenvalue weighted by Crippen LogP contribution is 2.33. The van der Waals surface area contributed by atoms with Gasteiger partial charge in [0.05, 0.1) is 11.7 Å². The third-order valence-electron chi connectivity index (χ3n) is 5.28. The van der Waals surface area contributed by atoms with E-state index in [9.17, 15) is 4.79 Å². The molecule has 8 nitrogen and oxygen atoms in total. The topological polar surface area (TPSA) is 97.7 Å². The summed E-state index contributed by atoms with van der Waals surface area (Å²) in [6.07, 6.45) is 5.04. The number of benzene rings is 1. The number of aromatic amines is 1. The van der Waals surface area contributed by atoms with Crippen molar-refractivity contribution in [3.05, 3.63) is 35.6 Å². The number of nitrogens with one attached hydrogen (secondary N) is 2. The molecule has 0 saturated heterocycles. The Balaban J connectivity index is 1.49. The number of fused-ring (bicyclic) bond motifs is 2. The molecule has 1 atom stereocenters. The van der Waals surface area contributed by atoms with Gasteiger partial charge >= 0.3 is 6.09 Å². The summed E-state index contributed by atoms with van der Waals surface area (Å²) in [5, 5.41) is 9.00. The van der Waals surface area contributed by atoms with Crippen molar-refractivity contribution in [2.75, 3.05) is 0 Å². The van der Waals surface area contributed by atoms with Crippen molar-refractivity contribution in [1.82, 2.24) is 30.0 Å². The molecule has 1 aliphatic carbocycles. The van der Waals surface area contributed by atoms with Crippen LogP contribution in [-0.2, 0) is 7.05 Å². The second-order valence-electron chi connectivity index (χ2n) is 7.40. The Morgan fingerprint density at radius 3 is 3.03 bits per heavy atom. The van der Waals surface area contributed by atoms with E-state index in [1.807, 2.05) is 32.2 Å². The lowest BCUT2D eigenvalue weighted by atomic mass is 10.2. The van der Waals surface area contributed by atoms with E-state index in [0.29, 0.717) is 39.2 Å². The molecule has 3 aromatic heterocycles. The van der Waals surface area contributed by atoms with E-state index >= 15 is 0 Å². The molecule has 0 spiro atoms. The molecule has 1 aliphatic rings. The molecule has 5 rings (SSSR count). The minimum atomic E-state index is -0.490. The van der Waals surface area contributed by atoms with Crippen LogP contribution in [0.1, 0.15) is 19.8 Å². The number of halogens is 1. The molecule has 1 aromatic carbocycles. The lowest BCUT2D eigenvalue weighted by Gasteiger charge is -2.12. The largest absolute Gasteiger partial charge is 0.412 e. The van der Waals surface area contributed by atoms with Gasteiger partial charge in [0, 0.05) is 29.7 Å². The van der Waals surface area contributed by atoms with Gasteiger partial charge in [0.2, 0.25) is 0 Å². The second-order valence-corrected chi connectivity index (χ2v) is 7.84. The van der Waals surface area contributed by atoms with Crippen LogP contribution in [0.4, 0.5) is 4.79 Å². The third kappa shape index (κ3) is 3.29. The van der Waals surface area contributed by atoms with Gasteiger partial charge < -0.3 is 15.0 Å². The summed E-state index contributed by atoms with van der Waals surface area (Å²) in [5.41, 5.74) is 3.18. The van der Waals surface area contributed by atoms with E-state index < -0.39 is 6.09 Å². The monoisotopic (exact) mass is 410 g/mol. The molecule has 0 bridgehead atoms. The van der Waals surface area contributed by atoms with Crippen LogP contribution in [0.5, 0.6) is 5.75 Å². The number of hydrogen-bond donors (Lipinski definition) is 2. The fourth-order valence-corrected chi connectivity index (χ4v) is 3.68. The number of H-pyrrole nitrogens is 1. The minimum Gasteiger partial charge on any atom is -0.406 e. The van der Waals surface area contributed by atoms with Crippen LogP contribution in [0.25, 0.3) is 33.5 Å². The van der Waals surface area contributed by atoms with E-state index in [4.69, 9.17) is 16.3 Å². The zero-order valence-electron chi connectivity index (χ0n) is 15.9. The summed E-state index contributed by atoms with van der Waals surface area (Å²) >= 11 is 6.11. The number of rotatable bonds is 4. The van der Waals surface area contributed by atoms with E-state index in [0.717, 1.165) is 23.7 Å². The molecule has 29 heavy (non-hydrogen) atoms. The number of carbonyl (C=O) groups is 1. The van der Waals surface area contributed by atoms with Gasteiger partial charge in [0.1, 0.15) is 11.4 Å². The first-order chi connectivity index (χ1) is 14.0. The van der Waals surface area contributed by atoms with E-state index in [1.54, 1.807) is 17.1 Å². The van der Waals surface area contributed by atoms with Crippen molar-refractivity contribution >= 4 is 39.8 Å². The maximum atomic E-state index is 12.2. The Labute approximate surface area is 171 Å². The van der Waals surface area contributed by atoms with Gasteiger partial charge in [-0.05, 0) is 43.9 Å². The number of amides is 1. The van der Waals surface area contributed by atoms with Crippen LogP contribution in [0.3, 0.4) is 0 Å². The summed E-state index contributed by atoms with van der Waals surface area (Å²) in [5.74, 6) is 0.876. The van der Waals surface area contributed by atoms with Gasteiger partial charge in [0.25, 0.3) is 0 Å². The van der Waals surface area contributed by atoms with Crippen molar-refractivity contribution in [1.29, 1.82) is 0 Å². The van der Waals surface area contributed by atoms with Gasteiger partial charge in [-0.25, -0.2) is 14.8 Å². The predicted molar refractivity (Wildman–Crippen MR) is 110 cm³/mol. The van der Waals surface area contributed by atoms with Gasteiger partial charge in [-0.15, -0.1) is 0 Å². The quantitative estimate of drug-likeness (QED) is 0.528. The Bertz CT molecular complexity index is 1240. The third-order valence-corrected chi connectivity index (χ3v) is 5.51. The highest BCUT2D eigenvalue weighted by molar-refractivity contribution is 6.31. The summed E-state index contributed by atoms with van der Waals surface area (Å²) in [6, 6.07) is 5.68. The Hall–Kier alpha value is -3.13. The summed E-state index contributed by atoms with van der Waals surface area (Å²) in [4.78, 5) is 24.3. The molecule has 0 aliphatic heterocycles. The van der Waals surface area contributed by atoms with Crippen molar-refractivity contribution in [2.45, 2.75) is 25.8 Å². The zero-order valence-corrected chi connectivity index (χ0v) is 16.7. The van der Waals surface area contributed by atoms with Crippen molar-refractivity contribution in [3.8, 4) is 17.1 Å². The lowest BCUT2D eigenvalue weighted by molar-refractivity contribution is 0.196. The molecular weight excluding hydrogens is 392 g/mol. The Morgan fingerprint density at radius 2 is 2.24 bits per heavy atom. The van der Waals surface area contributed by atoms with Crippen molar-refractivity contribution in [2.24, 2.45) is 13.0 Å². The van der Waals surface area contributed by atoms with Gasteiger partial charge in [-0.3, -0.25) is 4.68 Å². The number of ether oxygens (including phenoxy) is 1. The fourth-order valence-electron chi connectivity index (χ4n) is 3.51. The maximum Gasteiger partial charge on any atom is 0.412 e. The maximum absolute atomic E-state index is 12.2. The van der Waals surface area contributed by atoms with Crippen molar-refractivity contribution in [3.63, 3.8) is 0 Å². The van der Waals surface area contributed by atoms with Gasteiger partial charge in [0.15, 0.2) is 16.9 Å². The zero-order chi connectivity index (χ0) is 20.1. The SMILES string of the molecule is C[C@H](NC(=O)Oc1c[nH]c2ncc(-c3nn(C)c4cc(Cl)ccc34)nc12)C1CC1. The smallest absolute Gasteiger partial charge is 0.406 e. The average Bonchev–Trinajstić information content (AvgIpc) is 3.41. The molecule has 0 unspecified atom stereocenters. The molecule has 3 heterocycles. The first kappa shape index (κ1) is 17.9. The number of hydrogen-bond acceptors (Lipinski definition) is 5. The summed E-state index contributed by atoms with van der Waals surface area (Å²) in [6.45, 7) is 1.99. The highest BCUT2D eigenvalue weighted by Gasteiger charge is 2.29. The molecule has 1 amide bonds. The molecule has 4 aromatic rings. The molecular formula is C20H19ClN6O2. The van der Waals surface area contributed by atoms with Crippen molar-refractivity contribution < 1.29 is 9.53 Å². The minimum absolute atomic E-state index is 0.0982. The predicted octanol–water partition coefficient (Wildman–Crippen LogP) is 4.05. The number of nitrogens with zero attached hydrogens (tertiary/aromatic N) is 4. The van der Waals surface area contributed by atoms with Gasteiger partial charge in [-0.1, -0.05) is 11.6 Å². The summed E-state index contributed by atoms with van der Waals surface area (Å²) in [7, 11) is 1.85. The van der Waals surface area contributed by atoms with Crippen LogP contribution in [0, 0.1) is 5.92 Å². The summed E-state index contributed by atoms with van der Waals surface area (Å²) < 4.78 is 7.24. The first-order valence-corrected chi connectivity index (χ1v) is 9.82. The molecule has 9 heteroatoms. The number of aromatic nitrogens is 5. The molecule has 148 valence electrons. The van der Waals surface area contributed by atoms with Crippen LogP contribution < -0.4 is 10.1 Å². The van der Waals surface area contributed by atoms with Crippen LogP contribution >= 0.6 is 11.6 Å². The van der Waals surface area contributed by atoms with E-state index in [1.165, 1.54) is 0 Å². The fraction of sp³-hybridized carbons (Fsp3) is 0.300. The van der Waals surface area contributed by atoms with Gasteiger partial charge in [-0.2, -0.15) is 5.10 Å². The van der Waals surface area contributed by atoms with Crippen LogP contribution in [0.2, 0.25) is 5.02 Å². The average molecular weight is 411 g/mol. The Morgan fingerprint density at radius 1 is 1.41 bits per heavy atom. The number of carbonyl (C=O) groups excluding carboxylic acids is 1. The van der Waals surface area contributed by atoms with E-state index in [2.05, 4.69) is 25.4 Å². The lowest BCUT2D eigenvalue weighted by Crippen LogP contribution is -2.36. The standard InChI is InChI=1S/C20H19ClN6O2/c1-10(11-3-4-11)24-20(28)29-16-9-23-19-18(16)25-14(8-22-19)17-13-6-5-12(21)7-15(13)27(2)26-17/h5-11H,3-4H2,1-2H3,(H,22,23)(H,24,28)/t10-/m0/s1. The Kier molecular flexibility index (Phi) is 4.16. The first-order valence-electron chi connectivity index (χ1n) is 9.44. The normalized spacial score (nSPS) is 15.0. The van der Waals surface area contributed by atoms with Crippen LogP contribution in [0.15, 0.2) is 30.6 Å². The molecule has 1 fully saturated rings. The van der Waals surface area contributed by atoms with E-state index in [-0.39, 0.29) is 6.04 Å². The van der Waals surface area contributed by atoms with Crippen LogP contribution in [-0.4, -0.2) is 36.9 Å². The molecule has 0 radical (unpaired) electrons. The molecule has 1 saturated carbocycles. The number of aryl methyl sites for hydroxylation is 1. The second kappa shape index (κ2) is 6.73. The highest BCUT2D eigenvalue weighted by atomic mass is 35.5.